The van der Waals surface area contributed by atoms with E-state index in [1.54, 1.807) is 7.11 Å². The maximum Gasteiger partial charge on any atom is 0.119 e. The summed E-state index contributed by atoms with van der Waals surface area (Å²) in [5, 5.41) is 0. The van der Waals surface area contributed by atoms with E-state index in [0.717, 1.165) is 38.2 Å². The highest BCUT2D eigenvalue weighted by molar-refractivity contribution is 5.39. The number of fused-ring (bicyclic) bond motifs is 1. The number of ether oxygens (including phenoxy) is 1. The first-order chi connectivity index (χ1) is 13.2. The highest BCUT2D eigenvalue weighted by atomic mass is 16.5. The van der Waals surface area contributed by atoms with Crippen LogP contribution in [0.2, 0.25) is 0 Å². The minimum Gasteiger partial charge on any atom is -0.497 e. The van der Waals surface area contributed by atoms with Gasteiger partial charge >= 0.3 is 0 Å². The number of aryl methyl sites for hydroxylation is 3. The maximum atomic E-state index is 5.36. The predicted octanol–water partition coefficient (Wildman–Crippen LogP) is 5.30. The van der Waals surface area contributed by atoms with E-state index in [0.29, 0.717) is 0 Å². The van der Waals surface area contributed by atoms with E-state index in [1.165, 1.54) is 33.4 Å². The van der Waals surface area contributed by atoms with Gasteiger partial charge in [0.2, 0.25) is 0 Å². The number of nitrogens with zero attached hydrogens (tertiary/aromatic N) is 1. The van der Waals surface area contributed by atoms with Crippen LogP contribution >= 0.6 is 0 Å². The molecule has 1 aliphatic heterocycles. The van der Waals surface area contributed by atoms with E-state index >= 15 is 0 Å². The van der Waals surface area contributed by atoms with Gasteiger partial charge in [0, 0.05) is 19.6 Å². The highest BCUT2D eigenvalue weighted by Crippen LogP contribution is 2.28. The first-order valence-electron chi connectivity index (χ1n) is 9.72. The van der Waals surface area contributed by atoms with E-state index in [1.807, 2.05) is 6.07 Å². The Hall–Kier alpha value is -2.58. The summed E-state index contributed by atoms with van der Waals surface area (Å²) in [5.74, 6) is 0.933. The summed E-state index contributed by atoms with van der Waals surface area (Å²) in [6.07, 6.45) is 2.21. The van der Waals surface area contributed by atoms with Crippen molar-refractivity contribution in [2.45, 2.75) is 39.4 Å². The first-order valence-corrected chi connectivity index (χ1v) is 9.72. The van der Waals surface area contributed by atoms with Crippen molar-refractivity contribution in [2.24, 2.45) is 0 Å². The molecule has 4 rings (SSSR count). The van der Waals surface area contributed by atoms with Crippen molar-refractivity contribution in [2.75, 3.05) is 7.11 Å². The van der Waals surface area contributed by atoms with Crippen LogP contribution in [0.1, 0.15) is 33.4 Å². The molecule has 0 fully saturated rings. The van der Waals surface area contributed by atoms with Gasteiger partial charge in [0.15, 0.2) is 0 Å². The van der Waals surface area contributed by atoms with Crippen LogP contribution in [-0.4, -0.2) is 12.0 Å². The Morgan fingerprint density at radius 1 is 0.852 bits per heavy atom. The number of hydrogen-bond donors (Lipinski definition) is 0. The van der Waals surface area contributed by atoms with Gasteiger partial charge in [-0.05, 0) is 59.7 Å². The van der Waals surface area contributed by atoms with E-state index in [9.17, 15) is 0 Å². The Balaban J connectivity index is 1.44. The average molecular weight is 357 g/mol. The zero-order valence-corrected chi connectivity index (χ0v) is 16.2. The van der Waals surface area contributed by atoms with Gasteiger partial charge in [-0.2, -0.15) is 0 Å². The minimum absolute atomic E-state index is 0.933. The molecule has 1 heterocycles. The lowest BCUT2D eigenvalue weighted by Gasteiger charge is -2.15. The molecule has 0 radical (unpaired) electrons. The van der Waals surface area contributed by atoms with Crippen molar-refractivity contribution >= 4 is 0 Å². The Kier molecular flexibility index (Phi) is 5.26. The lowest BCUT2D eigenvalue weighted by Crippen LogP contribution is -2.15. The maximum absolute atomic E-state index is 5.36. The van der Waals surface area contributed by atoms with Crippen LogP contribution in [0.15, 0.2) is 66.7 Å². The molecule has 3 aromatic rings. The highest BCUT2D eigenvalue weighted by Gasteiger charge is 2.21. The molecule has 0 unspecified atom stereocenters. The van der Waals surface area contributed by atoms with Gasteiger partial charge in [0.05, 0.1) is 7.11 Å². The van der Waals surface area contributed by atoms with Gasteiger partial charge in [-0.3, -0.25) is 4.90 Å². The molecule has 0 bridgehead atoms. The summed E-state index contributed by atoms with van der Waals surface area (Å²) in [5.41, 5.74) is 8.58. The molecule has 0 aliphatic carbocycles. The van der Waals surface area contributed by atoms with E-state index in [2.05, 4.69) is 72.5 Å². The number of benzene rings is 3. The predicted molar refractivity (Wildman–Crippen MR) is 111 cm³/mol. The Morgan fingerprint density at radius 3 is 2.48 bits per heavy atom. The molecule has 27 heavy (non-hydrogen) atoms. The lowest BCUT2D eigenvalue weighted by molar-refractivity contribution is 0.274. The molecule has 0 saturated carbocycles. The van der Waals surface area contributed by atoms with E-state index in [-0.39, 0.29) is 0 Å². The van der Waals surface area contributed by atoms with Crippen LogP contribution < -0.4 is 4.74 Å². The monoisotopic (exact) mass is 357 g/mol. The summed E-state index contributed by atoms with van der Waals surface area (Å²) in [6, 6.07) is 24.2. The fraction of sp³-hybridized carbons (Fsp3) is 0.280. The summed E-state index contributed by atoms with van der Waals surface area (Å²) < 4.78 is 5.36. The summed E-state index contributed by atoms with van der Waals surface area (Å²) in [7, 11) is 1.73. The van der Waals surface area contributed by atoms with Crippen molar-refractivity contribution in [3.05, 3.63) is 100 Å². The molecule has 138 valence electrons. The molecule has 0 amide bonds. The average Bonchev–Trinajstić information content (AvgIpc) is 3.10. The van der Waals surface area contributed by atoms with Gasteiger partial charge < -0.3 is 4.74 Å². The third-order valence-electron chi connectivity index (χ3n) is 5.49. The fourth-order valence-electron chi connectivity index (χ4n) is 3.97. The molecular weight excluding hydrogens is 330 g/mol. The Bertz CT molecular complexity index is 914. The fourth-order valence-corrected chi connectivity index (χ4v) is 3.97. The van der Waals surface area contributed by atoms with E-state index in [4.69, 9.17) is 4.74 Å². The molecule has 2 heteroatoms. The van der Waals surface area contributed by atoms with Gasteiger partial charge in [-0.25, -0.2) is 0 Å². The zero-order chi connectivity index (χ0) is 18.6. The van der Waals surface area contributed by atoms with Crippen LogP contribution in [0.3, 0.4) is 0 Å². The lowest BCUT2D eigenvalue weighted by atomic mass is 9.97. The normalized spacial score (nSPS) is 13.6. The molecule has 0 N–H and O–H groups in total. The number of hydrogen-bond acceptors (Lipinski definition) is 2. The second kappa shape index (κ2) is 7.98. The molecule has 2 nitrogen and oxygen atoms in total. The molecule has 0 saturated heterocycles. The van der Waals surface area contributed by atoms with Gasteiger partial charge in [-0.1, -0.05) is 60.2 Å². The van der Waals surface area contributed by atoms with Crippen LogP contribution in [-0.2, 0) is 32.5 Å². The standard InChI is InChI=1S/C25H27NO/c1-19-9-11-20(12-10-19)13-14-22-6-4-7-23-17-26(18-25(22)23)16-21-5-3-8-24(15-21)27-2/h3-12,15H,13-14,16-18H2,1-2H3. The van der Waals surface area contributed by atoms with Gasteiger partial charge in [-0.15, -0.1) is 0 Å². The summed E-state index contributed by atoms with van der Waals surface area (Å²) >= 11 is 0. The second-order valence-electron chi connectivity index (χ2n) is 7.54. The minimum atomic E-state index is 0.933. The zero-order valence-electron chi connectivity index (χ0n) is 16.2. The SMILES string of the molecule is COc1cccc(CN2Cc3cccc(CCc4ccc(C)cc4)c3C2)c1. The molecule has 1 aliphatic rings. The smallest absolute Gasteiger partial charge is 0.119 e. The molecule has 0 aromatic heterocycles. The van der Waals surface area contributed by atoms with Gasteiger partial charge in [0.25, 0.3) is 0 Å². The molecule has 3 aromatic carbocycles. The Morgan fingerprint density at radius 2 is 1.67 bits per heavy atom. The van der Waals surface area contributed by atoms with Crippen LogP contribution in [0.25, 0.3) is 0 Å². The number of methoxy groups -OCH3 is 1. The van der Waals surface area contributed by atoms with Crippen molar-refractivity contribution in [1.29, 1.82) is 0 Å². The Labute approximate surface area is 162 Å². The number of rotatable bonds is 6. The second-order valence-corrected chi connectivity index (χ2v) is 7.54. The topological polar surface area (TPSA) is 12.5 Å². The van der Waals surface area contributed by atoms with Crippen molar-refractivity contribution in [1.82, 2.24) is 4.90 Å². The third-order valence-corrected chi connectivity index (χ3v) is 5.49. The van der Waals surface area contributed by atoms with Crippen LogP contribution in [0, 0.1) is 6.92 Å². The molecule has 0 atom stereocenters. The largest absolute Gasteiger partial charge is 0.497 e. The van der Waals surface area contributed by atoms with Crippen molar-refractivity contribution in [3.8, 4) is 5.75 Å². The third kappa shape index (κ3) is 4.23. The first kappa shape index (κ1) is 17.8. The molecule has 0 spiro atoms. The molecular formula is C25H27NO. The van der Waals surface area contributed by atoms with E-state index < -0.39 is 0 Å². The summed E-state index contributed by atoms with van der Waals surface area (Å²) in [6.45, 7) is 5.18. The quantitative estimate of drug-likeness (QED) is 0.593. The van der Waals surface area contributed by atoms with Crippen LogP contribution in [0.4, 0.5) is 0 Å². The van der Waals surface area contributed by atoms with Crippen molar-refractivity contribution < 1.29 is 4.74 Å². The van der Waals surface area contributed by atoms with Crippen LogP contribution in [0.5, 0.6) is 5.75 Å². The van der Waals surface area contributed by atoms with Gasteiger partial charge in [0.1, 0.15) is 5.75 Å². The van der Waals surface area contributed by atoms with Crippen molar-refractivity contribution in [3.63, 3.8) is 0 Å². The summed E-state index contributed by atoms with van der Waals surface area (Å²) in [4.78, 5) is 2.52.